The molecule has 1 amide bonds. The molecule has 0 heterocycles. The standard InChI is InChI=1S/C17H20N2O/c1-3-13-8-10-14(11-9-13)17(20)19-16-7-5-4-6-15(16)12-18-2/h4-11,18H,3,12H2,1-2H3,(H,19,20). The molecule has 3 nitrogen and oxygen atoms in total. The summed E-state index contributed by atoms with van der Waals surface area (Å²) in [6.07, 6.45) is 0.979. The zero-order chi connectivity index (χ0) is 14.4. The van der Waals surface area contributed by atoms with Crippen molar-refractivity contribution in [3.05, 3.63) is 65.2 Å². The molecule has 20 heavy (non-hydrogen) atoms. The van der Waals surface area contributed by atoms with Gasteiger partial charge < -0.3 is 10.6 Å². The summed E-state index contributed by atoms with van der Waals surface area (Å²) in [6.45, 7) is 2.83. The van der Waals surface area contributed by atoms with Crippen LogP contribution in [0, 0.1) is 0 Å². The molecule has 0 radical (unpaired) electrons. The Morgan fingerprint density at radius 3 is 2.40 bits per heavy atom. The number of amides is 1. The number of rotatable bonds is 5. The van der Waals surface area contributed by atoms with E-state index in [9.17, 15) is 4.79 Å². The Morgan fingerprint density at radius 1 is 1.05 bits per heavy atom. The van der Waals surface area contributed by atoms with Crippen LogP contribution in [0.15, 0.2) is 48.5 Å². The lowest BCUT2D eigenvalue weighted by Gasteiger charge is -2.11. The van der Waals surface area contributed by atoms with Crippen LogP contribution in [0.3, 0.4) is 0 Å². The van der Waals surface area contributed by atoms with Crippen molar-refractivity contribution in [3.8, 4) is 0 Å². The molecule has 0 unspecified atom stereocenters. The summed E-state index contributed by atoms with van der Waals surface area (Å²) in [5.74, 6) is -0.0730. The van der Waals surface area contributed by atoms with Crippen LogP contribution in [0.1, 0.15) is 28.4 Å². The molecule has 0 aliphatic heterocycles. The molecule has 0 saturated heterocycles. The number of carbonyl (C=O) groups is 1. The number of carbonyl (C=O) groups excluding carboxylic acids is 1. The molecular formula is C17H20N2O. The van der Waals surface area contributed by atoms with Crippen LogP contribution >= 0.6 is 0 Å². The second-order valence-corrected chi connectivity index (χ2v) is 4.69. The van der Waals surface area contributed by atoms with E-state index >= 15 is 0 Å². The minimum atomic E-state index is -0.0730. The quantitative estimate of drug-likeness (QED) is 0.874. The molecular weight excluding hydrogens is 248 g/mol. The molecule has 2 aromatic carbocycles. The number of hydrogen-bond acceptors (Lipinski definition) is 2. The lowest BCUT2D eigenvalue weighted by molar-refractivity contribution is 0.102. The molecule has 0 atom stereocenters. The van der Waals surface area contributed by atoms with Gasteiger partial charge in [-0.1, -0.05) is 37.3 Å². The van der Waals surface area contributed by atoms with Crippen molar-refractivity contribution >= 4 is 11.6 Å². The molecule has 104 valence electrons. The monoisotopic (exact) mass is 268 g/mol. The Labute approximate surface area is 120 Å². The molecule has 0 aromatic heterocycles. The third-order valence-electron chi connectivity index (χ3n) is 3.26. The summed E-state index contributed by atoms with van der Waals surface area (Å²) < 4.78 is 0. The Morgan fingerprint density at radius 2 is 1.75 bits per heavy atom. The normalized spacial score (nSPS) is 10.3. The van der Waals surface area contributed by atoms with Crippen molar-refractivity contribution in [2.75, 3.05) is 12.4 Å². The van der Waals surface area contributed by atoms with E-state index in [-0.39, 0.29) is 5.91 Å². The van der Waals surface area contributed by atoms with Gasteiger partial charge in [-0.05, 0) is 42.8 Å². The zero-order valence-electron chi connectivity index (χ0n) is 11.9. The van der Waals surface area contributed by atoms with Crippen LogP contribution in [0.4, 0.5) is 5.69 Å². The average molecular weight is 268 g/mol. The Balaban J connectivity index is 2.14. The number of nitrogens with one attached hydrogen (secondary N) is 2. The lowest BCUT2D eigenvalue weighted by Crippen LogP contribution is -2.15. The fourth-order valence-electron chi connectivity index (χ4n) is 2.07. The van der Waals surface area contributed by atoms with Crippen LogP contribution in [-0.2, 0) is 13.0 Å². The molecule has 2 rings (SSSR count). The SMILES string of the molecule is CCc1ccc(C(=O)Nc2ccccc2CNC)cc1. The van der Waals surface area contributed by atoms with E-state index in [0.717, 1.165) is 24.2 Å². The average Bonchev–Trinajstić information content (AvgIpc) is 2.49. The van der Waals surface area contributed by atoms with E-state index in [1.54, 1.807) is 0 Å². The number of anilines is 1. The van der Waals surface area contributed by atoms with Crippen LogP contribution in [0.25, 0.3) is 0 Å². The van der Waals surface area contributed by atoms with Gasteiger partial charge in [0.2, 0.25) is 0 Å². The maximum atomic E-state index is 12.2. The van der Waals surface area contributed by atoms with Gasteiger partial charge in [-0.15, -0.1) is 0 Å². The second kappa shape index (κ2) is 6.87. The highest BCUT2D eigenvalue weighted by molar-refractivity contribution is 6.04. The predicted molar refractivity (Wildman–Crippen MR) is 83.0 cm³/mol. The van der Waals surface area contributed by atoms with Crippen LogP contribution in [0.2, 0.25) is 0 Å². The molecule has 2 N–H and O–H groups in total. The van der Waals surface area contributed by atoms with Crippen molar-refractivity contribution < 1.29 is 4.79 Å². The van der Waals surface area contributed by atoms with Crippen molar-refractivity contribution in [1.82, 2.24) is 5.32 Å². The van der Waals surface area contributed by atoms with Crippen molar-refractivity contribution in [1.29, 1.82) is 0 Å². The van der Waals surface area contributed by atoms with Crippen molar-refractivity contribution in [3.63, 3.8) is 0 Å². The second-order valence-electron chi connectivity index (χ2n) is 4.69. The number of hydrogen-bond donors (Lipinski definition) is 2. The summed E-state index contributed by atoms with van der Waals surface area (Å²) in [4.78, 5) is 12.2. The van der Waals surface area contributed by atoms with Gasteiger partial charge in [0.05, 0.1) is 0 Å². The van der Waals surface area contributed by atoms with Crippen LogP contribution in [-0.4, -0.2) is 13.0 Å². The molecule has 0 bridgehead atoms. The van der Waals surface area contributed by atoms with Crippen molar-refractivity contribution in [2.45, 2.75) is 19.9 Å². The van der Waals surface area contributed by atoms with E-state index in [0.29, 0.717) is 5.56 Å². The first-order chi connectivity index (χ1) is 9.74. The molecule has 0 aliphatic rings. The van der Waals surface area contributed by atoms with E-state index in [2.05, 4.69) is 17.6 Å². The van der Waals surface area contributed by atoms with E-state index in [1.165, 1.54) is 5.56 Å². The van der Waals surface area contributed by atoms with E-state index in [4.69, 9.17) is 0 Å². The van der Waals surface area contributed by atoms with Gasteiger partial charge in [0.1, 0.15) is 0 Å². The molecule has 0 spiro atoms. The Bertz CT molecular complexity index is 576. The summed E-state index contributed by atoms with van der Waals surface area (Å²) >= 11 is 0. The zero-order valence-corrected chi connectivity index (χ0v) is 11.9. The van der Waals surface area contributed by atoms with Gasteiger partial charge in [0.25, 0.3) is 5.91 Å². The minimum absolute atomic E-state index is 0.0730. The first kappa shape index (κ1) is 14.3. The fourth-order valence-corrected chi connectivity index (χ4v) is 2.07. The van der Waals surface area contributed by atoms with Crippen LogP contribution < -0.4 is 10.6 Å². The van der Waals surface area contributed by atoms with Gasteiger partial charge in [0.15, 0.2) is 0 Å². The number of para-hydroxylation sites is 1. The molecule has 0 saturated carbocycles. The predicted octanol–water partition coefficient (Wildman–Crippen LogP) is 3.22. The molecule has 2 aromatic rings. The fraction of sp³-hybridized carbons (Fsp3) is 0.235. The third kappa shape index (κ3) is 3.45. The summed E-state index contributed by atoms with van der Waals surface area (Å²) in [6, 6.07) is 15.6. The van der Waals surface area contributed by atoms with Gasteiger partial charge in [0, 0.05) is 17.8 Å². The minimum Gasteiger partial charge on any atom is -0.322 e. The largest absolute Gasteiger partial charge is 0.322 e. The summed E-state index contributed by atoms with van der Waals surface area (Å²) in [5, 5.41) is 6.07. The highest BCUT2D eigenvalue weighted by Gasteiger charge is 2.08. The number of aryl methyl sites for hydroxylation is 1. The summed E-state index contributed by atoms with van der Waals surface area (Å²) in [7, 11) is 1.89. The molecule has 0 aliphatic carbocycles. The van der Waals surface area contributed by atoms with Gasteiger partial charge in [-0.3, -0.25) is 4.79 Å². The van der Waals surface area contributed by atoms with Crippen LogP contribution in [0.5, 0.6) is 0 Å². The first-order valence-electron chi connectivity index (χ1n) is 6.87. The van der Waals surface area contributed by atoms with Gasteiger partial charge >= 0.3 is 0 Å². The van der Waals surface area contributed by atoms with E-state index in [1.807, 2.05) is 55.6 Å². The first-order valence-corrected chi connectivity index (χ1v) is 6.87. The summed E-state index contributed by atoms with van der Waals surface area (Å²) in [5.41, 5.74) is 3.85. The lowest BCUT2D eigenvalue weighted by atomic mass is 10.1. The van der Waals surface area contributed by atoms with Crippen molar-refractivity contribution in [2.24, 2.45) is 0 Å². The van der Waals surface area contributed by atoms with Gasteiger partial charge in [-0.2, -0.15) is 0 Å². The molecule has 0 fully saturated rings. The topological polar surface area (TPSA) is 41.1 Å². The Hall–Kier alpha value is -2.13. The highest BCUT2D eigenvalue weighted by Crippen LogP contribution is 2.16. The maximum absolute atomic E-state index is 12.2. The highest BCUT2D eigenvalue weighted by atomic mass is 16.1. The van der Waals surface area contributed by atoms with E-state index < -0.39 is 0 Å². The third-order valence-corrected chi connectivity index (χ3v) is 3.26. The molecule has 3 heteroatoms. The Kier molecular flexibility index (Phi) is 4.91. The smallest absolute Gasteiger partial charge is 0.255 e. The van der Waals surface area contributed by atoms with Gasteiger partial charge in [-0.25, -0.2) is 0 Å². The number of benzene rings is 2. The maximum Gasteiger partial charge on any atom is 0.255 e.